The summed E-state index contributed by atoms with van der Waals surface area (Å²) in [5, 5.41) is 12.3. The van der Waals surface area contributed by atoms with Crippen LogP contribution in [0.1, 0.15) is 37.2 Å². The van der Waals surface area contributed by atoms with Crippen molar-refractivity contribution < 1.29 is 9.90 Å². The second-order valence-electron chi connectivity index (χ2n) is 4.90. The van der Waals surface area contributed by atoms with E-state index in [1.165, 1.54) is 12.6 Å². The van der Waals surface area contributed by atoms with Gasteiger partial charge in [-0.05, 0) is 36.8 Å². The van der Waals surface area contributed by atoms with Crippen molar-refractivity contribution in [2.24, 2.45) is 11.8 Å². The lowest BCUT2D eigenvalue weighted by molar-refractivity contribution is 0.0690. The first-order valence-electron chi connectivity index (χ1n) is 6.04. The number of nitrogens with zero attached hydrogens (tertiary/aromatic N) is 1. The van der Waals surface area contributed by atoms with Crippen molar-refractivity contribution in [2.45, 2.75) is 32.7 Å². The molecule has 0 bridgehead atoms. The van der Waals surface area contributed by atoms with Gasteiger partial charge < -0.3 is 10.4 Å². The molecule has 4 nitrogen and oxygen atoms in total. The molecule has 1 aromatic rings. The Balaban J connectivity index is 2.08. The van der Waals surface area contributed by atoms with Crippen molar-refractivity contribution in [3.05, 3.63) is 24.0 Å². The third-order valence-electron chi connectivity index (χ3n) is 3.80. The molecule has 3 unspecified atom stereocenters. The van der Waals surface area contributed by atoms with E-state index in [2.05, 4.69) is 24.1 Å². The van der Waals surface area contributed by atoms with E-state index >= 15 is 0 Å². The minimum absolute atomic E-state index is 0.0914. The average Bonchev–Trinajstić information content (AvgIpc) is 2.61. The molecule has 1 fully saturated rings. The van der Waals surface area contributed by atoms with Crippen LogP contribution in [0.3, 0.4) is 0 Å². The number of nitrogens with one attached hydrogen (secondary N) is 1. The minimum Gasteiger partial charge on any atom is -0.477 e. The topological polar surface area (TPSA) is 62.2 Å². The SMILES string of the molecule is CC1CCC(Nc2ccnc(C(=O)O)c2)C1C. The van der Waals surface area contributed by atoms with Gasteiger partial charge in [0.2, 0.25) is 0 Å². The lowest BCUT2D eigenvalue weighted by atomic mass is 9.98. The quantitative estimate of drug-likeness (QED) is 0.844. The molecule has 3 atom stereocenters. The largest absolute Gasteiger partial charge is 0.477 e. The Hall–Kier alpha value is -1.58. The van der Waals surface area contributed by atoms with Gasteiger partial charge in [0.25, 0.3) is 0 Å². The Bertz CT molecular complexity index is 420. The highest BCUT2D eigenvalue weighted by Crippen LogP contribution is 2.33. The molecule has 17 heavy (non-hydrogen) atoms. The van der Waals surface area contributed by atoms with Crippen molar-refractivity contribution in [1.82, 2.24) is 4.98 Å². The highest BCUT2D eigenvalue weighted by Gasteiger charge is 2.29. The van der Waals surface area contributed by atoms with E-state index in [-0.39, 0.29) is 5.69 Å². The summed E-state index contributed by atoms with van der Waals surface area (Å²) >= 11 is 0. The summed E-state index contributed by atoms with van der Waals surface area (Å²) in [7, 11) is 0. The highest BCUT2D eigenvalue weighted by atomic mass is 16.4. The second-order valence-corrected chi connectivity index (χ2v) is 4.90. The maximum atomic E-state index is 10.8. The Morgan fingerprint density at radius 3 is 2.82 bits per heavy atom. The molecule has 0 aliphatic heterocycles. The molecule has 1 aliphatic carbocycles. The number of anilines is 1. The van der Waals surface area contributed by atoms with Crippen molar-refractivity contribution in [3.8, 4) is 0 Å². The van der Waals surface area contributed by atoms with E-state index in [1.807, 2.05) is 6.07 Å². The van der Waals surface area contributed by atoms with Crippen molar-refractivity contribution >= 4 is 11.7 Å². The number of hydrogen-bond donors (Lipinski definition) is 2. The summed E-state index contributed by atoms with van der Waals surface area (Å²) in [5.41, 5.74) is 0.942. The smallest absolute Gasteiger partial charge is 0.354 e. The van der Waals surface area contributed by atoms with Crippen LogP contribution >= 0.6 is 0 Å². The normalized spacial score (nSPS) is 28.0. The Morgan fingerprint density at radius 1 is 1.47 bits per heavy atom. The minimum atomic E-state index is -0.985. The fourth-order valence-electron chi connectivity index (χ4n) is 2.42. The zero-order valence-corrected chi connectivity index (χ0v) is 10.2. The molecule has 0 saturated heterocycles. The molecular weight excluding hydrogens is 216 g/mol. The molecule has 1 heterocycles. The molecule has 0 amide bonds. The summed E-state index contributed by atoms with van der Waals surface area (Å²) < 4.78 is 0. The van der Waals surface area contributed by atoms with Crippen LogP contribution in [-0.4, -0.2) is 22.1 Å². The van der Waals surface area contributed by atoms with Gasteiger partial charge >= 0.3 is 5.97 Å². The zero-order chi connectivity index (χ0) is 12.4. The predicted molar refractivity (Wildman–Crippen MR) is 66.2 cm³/mol. The standard InChI is InChI=1S/C13H18N2O2/c1-8-3-4-11(9(8)2)15-10-5-6-14-12(7-10)13(16)17/h5-9,11H,3-4H2,1-2H3,(H,14,15)(H,16,17). The predicted octanol–water partition coefficient (Wildman–Crippen LogP) is 2.63. The van der Waals surface area contributed by atoms with Crippen LogP contribution in [0.4, 0.5) is 5.69 Å². The molecular formula is C13H18N2O2. The molecule has 0 aromatic carbocycles. The van der Waals surface area contributed by atoms with E-state index in [4.69, 9.17) is 5.11 Å². The van der Waals surface area contributed by atoms with E-state index in [1.54, 1.807) is 6.07 Å². The fourth-order valence-corrected chi connectivity index (χ4v) is 2.42. The average molecular weight is 234 g/mol. The third-order valence-corrected chi connectivity index (χ3v) is 3.80. The van der Waals surface area contributed by atoms with E-state index in [0.717, 1.165) is 18.0 Å². The molecule has 1 aromatic heterocycles. The van der Waals surface area contributed by atoms with Gasteiger partial charge in [-0.3, -0.25) is 0 Å². The lowest BCUT2D eigenvalue weighted by Gasteiger charge is -2.20. The van der Waals surface area contributed by atoms with E-state index in [0.29, 0.717) is 12.0 Å². The molecule has 0 spiro atoms. The van der Waals surface area contributed by atoms with Crippen LogP contribution in [-0.2, 0) is 0 Å². The van der Waals surface area contributed by atoms with Gasteiger partial charge in [-0.2, -0.15) is 0 Å². The summed E-state index contributed by atoms with van der Waals surface area (Å²) in [6, 6.07) is 3.86. The zero-order valence-electron chi connectivity index (χ0n) is 10.2. The molecule has 0 radical (unpaired) electrons. The van der Waals surface area contributed by atoms with Crippen molar-refractivity contribution in [2.75, 3.05) is 5.32 Å². The molecule has 1 saturated carbocycles. The first kappa shape index (κ1) is 11.9. The maximum Gasteiger partial charge on any atom is 0.354 e. The van der Waals surface area contributed by atoms with Crippen LogP contribution in [0, 0.1) is 11.8 Å². The van der Waals surface area contributed by atoms with Gasteiger partial charge in [-0.15, -0.1) is 0 Å². The van der Waals surface area contributed by atoms with Gasteiger partial charge in [-0.25, -0.2) is 9.78 Å². The highest BCUT2D eigenvalue weighted by molar-refractivity contribution is 5.86. The number of aromatic carboxylic acids is 1. The monoisotopic (exact) mass is 234 g/mol. The summed E-state index contributed by atoms with van der Waals surface area (Å²) in [6.45, 7) is 4.51. The van der Waals surface area contributed by atoms with Gasteiger partial charge in [0.05, 0.1) is 0 Å². The van der Waals surface area contributed by atoms with Gasteiger partial charge in [-0.1, -0.05) is 13.8 Å². The van der Waals surface area contributed by atoms with Crippen LogP contribution in [0.15, 0.2) is 18.3 Å². The number of carboxylic acids is 1. The van der Waals surface area contributed by atoms with Crippen LogP contribution < -0.4 is 5.32 Å². The Labute approximate surface area is 101 Å². The Kier molecular flexibility index (Phi) is 3.31. The molecule has 2 N–H and O–H groups in total. The summed E-state index contributed by atoms with van der Waals surface area (Å²) in [4.78, 5) is 14.6. The molecule has 92 valence electrons. The van der Waals surface area contributed by atoms with Crippen LogP contribution in [0.25, 0.3) is 0 Å². The number of carboxylic acid groups (broad SMARTS) is 1. The number of carbonyl (C=O) groups is 1. The summed E-state index contributed by atoms with van der Waals surface area (Å²) in [6.07, 6.45) is 3.91. The lowest BCUT2D eigenvalue weighted by Crippen LogP contribution is -2.24. The van der Waals surface area contributed by atoms with Gasteiger partial charge in [0.15, 0.2) is 0 Å². The van der Waals surface area contributed by atoms with Crippen molar-refractivity contribution in [3.63, 3.8) is 0 Å². The Morgan fingerprint density at radius 2 is 2.24 bits per heavy atom. The van der Waals surface area contributed by atoms with E-state index < -0.39 is 5.97 Å². The van der Waals surface area contributed by atoms with E-state index in [9.17, 15) is 4.79 Å². The molecule has 1 aliphatic rings. The van der Waals surface area contributed by atoms with Crippen LogP contribution in [0.5, 0.6) is 0 Å². The first-order chi connectivity index (χ1) is 8.08. The van der Waals surface area contributed by atoms with Crippen molar-refractivity contribution in [1.29, 1.82) is 0 Å². The maximum absolute atomic E-state index is 10.8. The fraction of sp³-hybridized carbons (Fsp3) is 0.538. The number of hydrogen-bond acceptors (Lipinski definition) is 3. The second kappa shape index (κ2) is 4.73. The van der Waals surface area contributed by atoms with Crippen LogP contribution in [0.2, 0.25) is 0 Å². The first-order valence-corrected chi connectivity index (χ1v) is 6.04. The molecule has 2 rings (SSSR count). The number of rotatable bonds is 3. The summed E-state index contributed by atoms with van der Waals surface area (Å²) in [5.74, 6) is 0.367. The number of pyridine rings is 1. The molecule has 4 heteroatoms. The van der Waals surface area contributed by atoms with Gasteiger partial charge in [0, 0.05) is 17.9 Å². The third kappa shape index (κ3) is 2.57. The van der Waals surface area contributed by atoms with Gasteiger partial charge in [0.1, 0.15) is 5.69 Å². The number of aromatic nitrogens is 1.